The zero-order chi connectivity index (χ0) is 11.5. The SMILES string of the molecule is COC(CC(C)(O)c1csc(C)c1)OC. The largest absolute Gasteiger partial charge is 0.385 e. The number of methoxy groups -OCH3 is 2. The molecule has 0 bridgehead atoms. The third-order valence-corrected chi connectivity index (χ3v) is 3.30. The van der Waals surface area contributed by atoms with Crippen LogP contribution in [-0.4, -0.2) is 25.6 Å². The van der Waals surface area contributed by atoms with Gasteiger partial charge in [-0.2, -0.15) is 0 Å². The van der Waals surface area contributed by atoms with Crippen LogP contribution in [0.2, 0.25) is 0 Å². The highest BCUT2D eigenvalue weighted by Gasteiger charge is 2.28. The normalized spacial score (nSPS) is 15.6. The third kappa shape index (κ3) is 3.28. The molecule has 1 aromatic rings. The van der Waals surface area contributed by atoms with E-state index in [-0.39, 0.29) is 6.29 Å². The van der Waals surface area contributed by atoms with Crippen LogP contribution in [0.25, 0.3) is 0 Å². The average Bonchev–Trinajstić information content (AvgIpc) is 2.62. The molecule has 86 valence electrons. The van der Waals surface area contributed by atoms with Crippen molar-refractivity contribution in [1.82, 2.24) is 0 Å². The van der Waals surface area contributed by atoms with E-state index >= 15 is 0 Å². The molecule has 0 aliphatic carbocycles. The zero-order valence-electron chi connectivity index (χ0n) is 9.61. The number of hydrogen-bond donors (Lipinski definition) is 1. The zero-order valence-corrected chi connectivity index (χ0v) is 10.4. The Balaban J connectivity index is 2.74. The fourth-order valence-electron chi connectivity index (χ4n) is 1.43. The number of thiophene rings is 1. The summed E-state index contributed by atoms with van der Waals surface area (Å²) in [5, 5.41) is 12.2. The van der Waals surface area contributed by atoms with Crippen molar-refractivity contribution in [3.8, 4) is 0 Å². The molecule has 3 nitrogen and oxygen atoms in total. The summed E-state index contributed by atoms with van der Waals surface area (Å²) in [5.41, 5.74) is 0.0191. The van der Waals surface area contributed by atoms with Gasteiger partial charge < -0.3 is 14.6 Å². The quantitative estimate of drug-likeness (QED) is 0.789. The van der Waals surface area contributed by atoms with Crippen molar-refractivity contribution in [2.45, 2.75) is 32.2 Å². The smallest absolute Gasteiger partial charge is 0.159 e. The van der Waals surface area contributed by atoms with E-state index in [0.717, 1.165) is 5.56 Å². The van der Waals surface area contributed by atoms with Crippen LogP contribution < -0.4 is 0 Å². The van der Waals surface area contributed by atoms with Gasteiger partial charge in [-0.1, -0.05) is 0 Å². The Labute approximate surface area is 94.6 Å². The fraction of sp³-hybridized carbons (Fsp3) is 0.636. The number of aryl methyl sites for hydroxylation is 1. The van der Waals surface area contributed by atoms with Gasteiger partial charge >= 0.3 is 0 Å². The lowest BCUT2D eigenvalue weighted by atomic mass is 9.94. The van der Waals surface area contributed by atoms with Crippen LogP contribution in [0.3, 0.4) is 0 Å². The molecule has 1 heterocycles. The topological polar surface area (TPSA) is 38.7 Å². The van der Waals surface area contributed by atoms with Crippen molar-refractivity contribution in [3.05, 3.63) is 21.9 Å². The van der Waals surface area contributed by atoms with Crippen LogP contribution in [0.1, 0.15) is 23.8 Å². The van der Waals surface area contributed by atoms with E-state index in [4.69, 9.17) is 9.47 Å². The number of hydrogen-bond acceptors (Lipinski definition) is 4. The van der Waals surface area contributed by atoms with Gasteiger partial charge in [-0.15, -0.1) is 11.3 Å². The first kappa shape index (κ1) is 12.6. The van der Waals surface area contributed by atoms with Gasteiger partial charge in [0, 0.05) is 25.5 Å². The van der Waals surface area contributed by atoms with Crippen LogP contribution in [0, 0.1) is 6.92 Å². The van der Waals surface area contributed by atoms with Gasteiger partial charge in [0.25, 0.3) is 0 Å². The summed E-state index contributed by atoms with van der Waals surface area (Å²) in [7, 11) is 3.15. The molecule has 4 heteroatoms. The maximum absolute atomic E-state index is 10.3. The van der Waals surface area contributed by atoms with Gasteiger partial charge in [0.2, 0.25) is 0 Å². The maximum Gasteiger partial charge on any atom is 0.159 e. The molecule has 1 atom stereocenters. The van der Waals surface area contributed by atoms with Crippen LogP contribution in [0.4, 0.5) is 0 Å². The Bertz CT molecular complexity index is 303. The molecule has 15 heavy (non-hydrogen) atoms. The van der Waals surface area contributed by atoms with Gasteiger partial charge in [0.1, 0.15) is 0 Å². The standard InChI is InChI=1S/C11H18O3S/c1-8-5-9(7-15-8)11(2,12)6-10(13-3)14-4/h5,7,10,12H,6H2,1-4H3. The minimum atomic E-state index is -0.901. The molecule has 1 aromatic heterocycles. The first-order valence-electron chi connectivity index (χ1n) is 4.83. The van der Waals surface area contributed by atoms with Crippen LogP contribution in [0.5, 0.6) is 0 Å². The molecular weight excluding hydrogens is 212 g/mol. The van der Waals surface area contributed by atoms with Crippen LogP contribution in [-0.2, 0) is 15.1 Å². The van der Waals surface area contributed by atoms with E-state index < -0.39 is 5.60 Å². The molecule has 0 amide bonds. The van der Waals surface area contributed by atoms with Crippen LogP contribution in [0.15, 0.2) is 11.4 Å². The Morgan fingerprint density at radius 2 is 2.07 bits per heavy atom. The number of rotatable bonds is 5. The molecule has 0 saturated carbocycles. The van der Waals surface area contributed by atoms with Crippen molar-refractivity contribution < 1.29 is 14.6 Å². The third-order valence-electron chi connectivity index (χ3n) is 2.44. The van der Waals surface area contributed by atoms with E-state index in [1.165, 1.54) is 4.88 Å². The molecule has 0 fully saturated rings. The highest BCUT2D eigenvalue weighted by molar-refractivity contribution is 7.10. The number of aliphatic hydroxyl groups is 1. The molecule has 1 N–H and O–H groups in total. The second kappa shape index (κ2) is 5.07. The van der Waals surface area contributed by atoms with Gasteiger partial charge in [-0.05, 0) is 30.9 Å². The summed E-state index contributed by atoms with van der Waals surface area (Å²) >= 11 is 1.63. The van der Waals surface area contributed by atoms with Crippen LogP contribution >= 0.6 is 11.3 Å². The van der Waals surface area contributed by atoms with Gasteiger partial charge in [-0.25, -0.2) is 0 Å². The average molecular weight is 230 g/mol. The van der Waals surface area contributed by atoms with Crippen molar-refractivity contribution in [2.75, 3.05) is 14.2 Å². The number of ether oxygens (including phenoxy) is 2. The monoisotopic (exact) mass is 230 g/mol. The second-order valence-electron chi connectivity index (χ2n) is 3.82. The molecule has 0 radical (unpaired) electrons. The summed E-state index contributed by atoms with van der Waals surface area (Å²) in [4.78, 5) is 1.19. The first-order valence-corrected chi connectivity index (χ1v) is 5.71. The van der Waals surface area contributed by atoms with E-state index in [2.05, 4.69) is 0 Å². The summed E-state index contributed by atoms with van der Waals surface area (Å²) in [6.45, 7) is 3.80. The van der Waals surface area contributed by atoms with E-state index in [1.807, 2.05) is 18.4 Å². The van der Waals surface area contributed by atoms with Crippen molar-refractivity contribution >= 4 is 11.3 Å². The minimum Gasteiger partial charge on any atom is -0.385 e. The molecule has 1 rings (SSSR count). The Morgan fingerprint density at radius 3 is 2.47 bits per heavy atom. The molecule has 1 unspecified atom stereocenters. The summed E-state index contributed by atoms with van der Waals surface area (Å²) in [6.07, 6.45) is 0.0520. The Kier molecular flexibility index (Phi) is 4.28. The Morgan fingerprint density at radius 1 is 1.47 bits per heavy atom. The predicted octanol–water partition coefficient (Wildman–Crippen LogP) is 2.27. The van der Waals surface area contributed by atoms with Crippen molar-refractivity contribution in [1.29, 1.82) is 0 Å². The van der Waals surface area contributed by atoms with Crippen molar-refractivity contribution in [3.63, 3.8) is 0 Å². The van der Waals surface area contributed by atoms with Crippen molar-refractivity contribution in [2.24, 2.45) is 0 Å². The lowest BCUT2D eigenvalue weighted by Gasteiger charge is -2.26. The lowest BCUT2D eigenvalue weighted by molar-refractivity contribution is -0.142. The van der Waals surface area contributed by atoms with E-state index in [0.29, 0.717) is 6.42 Å². The first-order chi connectivity index (χ1) is 6.99. The summed E-state index contributed by atoms with van der Waals surface area (Å²) in [6, 6.07) is 1.99. The molecule has 0 saturated heterocycles. The van der Waals surface area contributed by atoms with Gasteiger partial charge in [0.15, 0.2) is 6.29 Å². The molecular formula is C11H18O3S. The molecule has 0 spiro atoms. The van der Waals surface area contributed by atoms with Gasteiger partial charge in [0.05, 0.1) is 5.60 Å². The lowest BCUT2D eigenvalue weighted by Crippen LogP contribution is -2.29. The molecule has 0 aliphatic heterocycles. The van der Waals surface area contributed by atoms with E-state index in [9.17, 15) is 5.11 Å². The fourth-order valence-corrected chi connectivity index (χ4v) is 2.26. The Hall–Kier alpha value is -0.420. The summed E-state index contributed by atoms with van der Waals surface area (Å²) < 4.78 is 10.2. The minimum absolute atomic E-state index is 0.375. The molecule has 0 aromatic carbocycles. The predicted molar refractivity (Wildman–Crippen MR) is 61.0 cm³/mol. The highest BCUT2D eigenvalue weighted by atomic mass is 32.1. The van der Waals surface area contributed by atoms with E-state index in [1.54, 1.807) is 32.5 Å². The maximum atomic E-state index is 10.3. The highest BCUT2D eigenvalue weighted by Crippen LogP contribution is 2.30. The second-order valence-corrected chi connectivity index (χ2v) is 4.94. The van der Waals surface area contributed by atoms with Gasteiger partial charge in [-0.3, -0.25) is 0 Å². The molecule has 0 aliphatic rings. The summed E-state index contributed by atoms with van der Waals surface area (Å²) in [5.74, 6) is 0.